The van der Waals surface area contributed by atoms with Crippen LogP contribution in [0, 0.1) is 5.92 Å². The number of amides is 2. The van der Waals surface area contributed by atoms with Gasteiger partial charge in [-0.25, -0.2) is 0 Å². The first-order valence-corrected chi connectivity index (χ1v) is 9.84. The molecule has 1 N–H and O–H groups in total. The molecule has 0 aliphatic carbocycles. The number of likely N-dealkylation sites (tertiary alicyclic amines) is 1. The highest BCUT2D eigenvalue weighted by Gasteiger charge is 2.28. The van der Waals surface area contributed by atoms with E-state index in [0.29, 0.717) is 44.6 Å². The van der Waals surface area contributed by atoms with Crippen molar-refractivity contribution in [3.8, 4) is 0 Å². The van der Waals surface area contributed by atoms with E-state index in [2.05, 4.69) is 16.5 Å². The SMILES string of the molecule is O=C(NCc1ccccc1Cn1cccn1)C1CCN(C(=O)c2ccoc2)CC1. The van der Waals surface area contributed by atoms with E-state index in [1.807, 2.05) is 35.1 Å². The molecular weight excluding hydrogens is 368 g/mol. The molecule has 3 heterocycles. The van der Waals surface area contributed by atoms with E-state index in [0.717, 1.165) is 11.1 Å². The van der Waals surface area contributed by atoms with Gasteiger partial charge in [0.2, 0.25) is 5.91 Å². The number of carbonyl (C=O) groups excluding carboxylic acids is 2. The zero-order valence-electron chi connectivity index (χ0n) is 16.2. The molecule has 1 aliphatic rings. The predicted molar refractivity (Wildman–Crippen MR) is 107 cm³/mol. The Labute approximate surface area is 169 Å². The fourth-order valence-corrected chi connectivity index (χ4v) is 3.69. The third-order valence-electron chi connectivity index (χ3n) is 5.38. The van der Waals surface area contributed by atoms with Gasteiger partial charge in [-0.2, -0.15) is 5.10 Å². The van der Waals surface area contributed by atoms with Crippen LogP contribution >= 0.6 is 0 Å². The molecule has 0 bridgehead atoms. The van der Waals surface area contributed by atoms with Crippen molar-refractivity contribution in [2.45, 2.75) is 25.9 Å². The summed E-state index contributed by atoms with van der Waals surface area (Å²) in [5.74, 6) is -0.0545. The molecule has 29 heavy (non-hydrogen) atoms. The lowest BCUT2D eigenvalue weighted by molar-refractivity contribution is -0.126. The Morgan fingerprint density at radius 2 is 1.90 bits per heavy atom. The molecule has 2 amide bonds. The van der Waals surface area contributed by atoms with Crippen molar-refractivity contribution in [1.82, 2.24) is 20.0 Å². The molecule has 1 fully saturated rings. The molecule has 3 aromatic rings. The average Bonchev–Trinajstić information content (AvgIpc) is 3.47. The number of hydrogen-bond acceptors (Lipinski definition) is 4. The molecular formula is C22H24N4O3. The van der Waals surface area contributed by atoms with Gasteiger partial charge in [-0.3, -0.25) is 14.3 Å². The summed E-state index contributed by atoms with van der Waals surface area (Å²) in [5.41, 5.74) is 2.78. The van der Waals surface area contributed by atoms with E-state index in [1.54, 1.807) is 17.2 Å². The zero-order chi connectivity index (χ0) is 20.1. The van der Waals surface area contributed by atoms with E-state index in [4.69, 9.17) is 4.42 Å². The highest BCUT2D eigenvalue weighted by molar-refractivity contribution is 5.94. The van der Waals surface area contributed by atoms with Crippen LogP contribution in [0.15, 0.2) is 65.7 Å². The topological polar surface area (TPSA) is 80.4 Å². The molecule has 2 aromatic heterocycles. The molecule has 7 heteroatoms. The van der Waals surface area contributed by atoms with Crippen LogP contribution in [0.4, 0.5) is 0 Å². The molecule has 4 rings (SSSR count). The number of nitrogens with zero attached hydrogens (tertiary/aromatic N) is 3. The van der Waals surface area contributed by atoms with Gasteiger partial charge in [0, 0.05) is 37.9 Å². The fourth-order valence-electron chi connectivity index (χ4n) is 3.69. The minimum atomic E-state index is -0.0679. The van der Waals surface area contributed by atoms with Gasteiger partial charge in [0.1, 0.15) is 6.26 Å². The summed E-state index contributed by atoms with van der Waals surface area (Å²) < 4.78 is 6.85. The summed E-state index contributed by atoms with van der Waals surface area (Å²) in [7, 11) is 0. The molecule has 0 unspecified atom stereocenters. The Kier molecular flexibility index (Phi) is 5.74. The maximum Gasteiger partial charge on any atom is 0.257 e. The largest absolute Gasteiger partial charge is 0.472 e. The van der Waals surface area contributed by atoms with Crippen LogP contribution < -0.4 is 5.32 Å². The van der Waals surface area contributed by atoms with Crippen LogP contribution in [-0.4, -0.2) is 39.6 Å². The summed E-state index contributed by atoms with van der Waals surface area (Å²) in [6.07, 6.45) is 7.98. The number of benzene rings is 1. The van der Waals surface area contributed by atoms with E-state index < -0.39 is 0 Å². The van der Waals surface area contributed by atoms with Crippen molar-refractivity contribution in [3.05, 3.63) is 78.0 Å². The molecule has 1 saturated heterocycles. The Morgan fingerprint density at radius 3 is 2.59 bits per heavy atom. The molecule has 1 aliphatic heterocycles. The second-order valence-corrected chi connectivity index (χ2v) is 7.27. The van der Waals surface area contributed by atoms with Crippen LogP contribution in [0.1, 0.15) is 34.3 Å². The van der Waals surface area contributed by atoms with Gasteiger partial charge in [0.05, 0.1) is 18.4 Å². The standard InChI is InChI=1S/C22H24N4O3/c27-21(17-6-11-25(12-7-17)22(28)20-8-13-29-16-20)23-14-18-4-1-2-5-19(18)15-26-10-3-9-24-26/h1-5,8-10,13,16-17H,6-7,11-12,14-15H2,(H,23,27). The molecule has 0 radical (unpaired) electrons. The molecule has 7 nitrogen and oxygen atoms in total. The highest BCUT2D eigenvalue weighted by Crippen LogP contribution is 2.20. The van der Waals surface area contributed by atoms with Gasteiger partial charge in [0.15, 0.2) is 0 Å². The summed E-state index contributed by atoms with van der Waals surface area (Å²) >= 11 is 0. The van der Waals surface area contributed by atoms with Gasteiger partial charge in [0.25, 0.3) is 5.91 Å². The minimum Gasteiger partial charge on any atom is -0.472 e. The Hall–Kier alpha value is -3.35. The van der Waals surface area contributed by atoms with Gasteiger partial charge < -0.3 is 14.6 Å². The number of nitrogens with one attached hydrogen (secondary N) is 1. The van der Waals surface area contributed by atoms with Gasteiger partial charge in [-0.05, 0) is 36.1 Å². The second kappa shape index (κ2) is 8.77. The van der Waals surface area contributed by atoms with Crippen LogP contribution in [-0.2, 0) is 17.9 Å². The Balaban J connectivity index is 1.29. The van der Waals surface area contributed by atoms with Crippen molar-refractivity contribution in [3.63, 3.8) is 0 Å². The number of furan rings is 1. The van der Waals surface area contributed by atoms with Crippen molar-refractivity contribution in [2.24, 2.45) is 5.92 Å². The lowest BCUT2D eigenvalue weighted by Gasteiger charge is -2.31. The number of carbonyl (C=O) groups is 2. The van der Waals surface area contributed by atoms with Crippen molar-refractivity contribution < 1.29 is 14.0 Å². The maximum absolute atomic E-state index is 12.7. The number of aromatic nitrogens is 2. The van der Waals surface area contributed by atoms with E-state index in [9.17, 15) is 9.59 Å². The summed E-state index contributed by atoms with van der Waals surface area (Å²) in [6, 6.07) is 11.6. The Bertz CT molecular complexity index is 942. The molecule has 0 saturated carbocycles. The first-order valence-electron chi connectivity index (χ1n) is 9.84. The number of piperidine rings is 1. The van der Waals surface area contributed by atoms with E-state index in [-0.39, 0.29) is 17.7 Å². The smallest absolute Gasteiger partial charge is 0.257 e. The Morgan fingerprint density at radius 1 is 1.10 bits per heavy atom. The van der Waals surface area contributed by atoms with Crippen LogP contribution in [0.25, 0.3) is 0 Å². The first kappa shape index (κ1) is 19.0. The maximum atomic E-state index is 12.7. The third kappa shape index (κ3) is 4.56. The lowest BCUT2D eigenvalue weighted by Crippen LogP contribution is -2.42. The molecule has 0 atom stereocenters. The highest BCUT2D eigenvalue weighted by atomic mass is 16.3. The van der Waals surface area contributed by atoms with Gasteiger partial charge >= 0.3 is 0 Å². The quantitative estimate of drug-likeness (QED) is 0.699. The van der Waals surface area contributed by atoms with E-state index in [1.165, 1.54) is 12.5 Å². The monoisotopic (exact) mass is 392 g/mol. The number of hydrogen-bond donors (Lipinski definition) is 1. The third-order valence-corrected chi connectivity index (χ3v) is 5.38. The van der Waals surface area contributed by atoms with Crippen molar-refractivity contribution in [1.29, 1.82) is 0 Å². The van der Waals surface area contributed by atoms with Crippen LogP contribution in [0.5, 0.6) is 0 Å². The van der Waals surface area contributed by atoms with Crippen LogP contribution in [0.2, 0.25) is 0 Å². The summed E-state index contributed by atoms with van der Waals surface area (Å²) in [4.78, 5) is 26.8. The molecule has 0 spiro atoms. The number of rotatable bonds is 6. The first-order chi connectivity index (χ1) is 14.2. The van der Waals surface area contributed by atoms with Crippen LogP contribution in [0.3, 0.4) is 0 Å². The van der Waals surface area contributed by atoms with Gasteiger partial charge in [-0.1, -0.05) is 24.3 Å². The predicted octanol–water partition coefficient (Wildman–Crippen LogP) is 2.69. The van der Waals surface area contributed by atoms with Crippen molar-refractivity contribution >= 4 is 11.8 Å². The lowest BCUT2D eigenvalue weighted by atomic mass is 9.95. The fraction of sp³-hybridized carbons (Fsp3) is 0.318. The molecule has 150 valence electrons. The second-order valence-electron chi connectivity index (χ2n) is 7.27. The van der Waals surface area contributed by atoms with Gasteiger partial charge in [-0.15, -0.1) is 0 Å². The summed E-state index contributed by atoms with van der Waals surface area (Å²) in [5, 5.41) is 7.33. The average molecular weight is 392 g/mol. The van der Waals surface area contributed by atoms with E-state index >= 15 is 0 Å². The summed E-state index contributed by atoms with van der Waals surface area (Å²) in [6.45, 7) is 2.33. The minimum absolute atomic E-state index is 0.0369. The normalized spacial score (nSPS) is 14.7. The zero-order valence-corrected chi connectivity index (χ0v) is 16.2. The van der Waals surface area contributed by atoms with Crippen molar-refractivity contribution in [2.75, 3.05) is 13.1 Å². The molecule has 1 aromatic carbocycles.